The number of ether oxygens (including phenoxy) is 4. The van der Waals surface area contributed by atoms with Crippen molar-refractivity contribution in [1.29, 1.82) is 0 Å². The van der Waals surface area contributed by atoms with Crippen molar-refractivity contribution in [2.24, 2.45) is 0 Å². The van der Waals surface area contributed by atoms with Gasteiger partial charge in [-0.1, -0.05) is 0 Å². The Morgan fingerprint density at radius 2 is 2.00 bits per heavy atom. The Balaban J connectivity index is 1.91. The lowest BCUT2D eigenvalue weighted by atomic mass is 10.2. The zero-order valence-corrected chi connectivity index (χ0v) is 15.5. The van der Waals surface area contributed by atoms with Gasteiger partial charge in [-0.05, 0) is 27.7 Å². The highest BCUT2D eigenvalue weighted by Gasteiger charge is 2.36. The van der Waals surface area contributed by atoms with E-state index in [0.717, 1.165) is 0 Å². The smallest absolute Gasteiger partial charge is 0.410 e. The fourth-order valence-corrected chi connectivity index (χ4v) is 2.51. The lowest BCUT2D eigenvalue weighted by Gasteiger charge is -2.26. The molecule has 0 aromatic carbocycles. The number of hydrogen-bond donors (Lipinski definition) is 0. The molecule has 8 nitrogen and oxygen atoms in total. The van der Waals surface area contributed by atoms with E-state index in [1.807, 2.05) is 27.7 Å². The Hall–Kier alpha value is -2.09. The van der Waals surface area contributed by atoms with Crippen molar-refractivity contribution in [3.63, 3.8) is 0 Å². The molecule has 2 rings (SSSR count). The van der Waals surface area contributed by atoms with E-state index in [-0.39, 0.29) is 18.2 Å². The van der Waals surface area contributed by atoms with E-state index >= 15 is 0 Å². The van der Waals surface area contributed by atoms with Gasteiger partial charge in [0.1, 0.15) is 24.6 Å². The molecule has 0 radical (unpaired) electrons. The van der Waals surface area contributed by atoms with Gasteiger partial charge in [0, 0.05) is 19.6 Å². The highest BCUT2D eigenvalue weighted by Crippen LogP contribution is 2.24. The minimum atomic E-state index is -0.517. The summed E-state index contributed by atoms with van der Waals surface area (Å²) in [4.78, 5) is 22.1. The number of rotatable bonds is 6. The van der Waals surface area contributed by atoms with Crippen LogP contribution in [0.25, 0.3) is 0 Å². The normalized spacial score (nSPS) is 20.4. The van der Waals surface area contributed by atoms with Gasteiger partial charge in [-0.15, -0.1) is 0 Å². The summed E-state index contributed by atoms with van der Waals surface area (Å²) in [5, 5.41) is 0. The van der Waals surface area contributed by atoms with Crippen molar-refractivity contribution in [3.05, 3.63) is 12.4 Å². The van der Waals surface area contributed by atoms with Gasteiger partial charge in [-0.3, -0.25) is 0 Å². The van der Waals surface area contributed by atoms with Crippen LogP contribution in [0.4, 0.5) is 4.79 Å². The van der Waals surface area contributed by atoms with Crippen LogP contribution in [0, 0.1) is 0 Å². The number of nitrogens with zero attached hydrogens (tertiary/aromatic N) is 3. The van der Waals surface area contributed by atoms with Crippen molar-refractivity contribution >= 4 is 6.09 Å². The summed E-state index contributed by atoms with van der Waals surface area (Å²) in [6.07, 6.45) is 1.63. The van der Waals surface area contributed by atoms with Crippen molar-refractivity contribution in [1.82, 2.24) is 14.9 Å². The molecule has 1 aromatic rings. The summed E-state index contributed by atoms with van der Waals surface area (Å²) in [5.74, 6) is 0.850. The van der Waals surface area contributed by atoms with Gasteiger partial charge in [-0.25, -0.2) is 14.8 Å². The average Bonchev–Trinajstić information content (AvgIpc) is 2.87. The molecule has 0 N–H and O–H groups in total. The molecule has 0 unspecified atom stereocenters. The van der Waals surface area contributed by atoms with Crippen LogP contribution in [-0.4, -0.2) is 65.6 Å². The molecule has 1 aliphatic heterocycles. The van der Waals surface area contributed by atoms with E-state index in [0.29, 0.717) is 37.9 Å². The summed E-state index contributed by atoms with van der Waals surface area (Å²) < 4.78 is 21.7. The number of aromatic nitrogens is 2. The second-order valence-corrected chi connectivity index (χ2v) is 6.99. The van der Waals surface area contributed by atoms with Gasteiger partial charge in [0.25, 0.3) is 0 Å². The lowest BCUT2D eigenvalue weighted by molar-refractivity contribution is 0.0223. The third-order valence-electron chi connectivity index (χ3n) is 3.61. The average molecular weight is 353 g/mol. The van der Waals surface area contributed by atoms with Gasteiger partial charge in [0.2, 0.25) is 11.8 Å². The Morgan fingerprint density at radius 1 is 1.28 bits per heavy atom. The van der Waals surface area contributed by atoms with E-state index in [1.165, 1.54) is 6.33 Å². The van der Waals surface area contributed by atoms with E-state index < -0.39 is 5.60 Å². The fraction of sp³-hybridized carbons (Fsp3) is 0.706. The van der Waals surface area contributed by atoms with Crippen LogP contribution >= 0.6 is 0 Å². The van der Waals surface area contributed by atoms with Gasteiger partial charge in [0.15, 0.2) is 0 Å². The van der Waals surface area contributed by atoms with Crippen LogP contribution in [0.3, 0.4) is 0 Å². The molecule has 8 heteroatoms. The van der Waals surface area contributed by atoms with Crippen molar-refractivity contribution in [2.45, 2.75) is 51.9 Å². The zero-order chi connectivity index (χ0) is 18.4. The van der Waals surface area contributed by atoms with Crippen molar-refractivity contribution in [2.75, 3.05) is 26.9 Å². The Morgan fingerprint density at radius 3 is 2.68 bits per heavy atom. The summed E-state index contributed by atoms with van der Waals surface area (Å²) in [7, 11) is 1.61. The Kier molecular flexibility index (Phi) is 6.41. The second-order valence-electron chi connectivity index (χ2n) is 6.99. The van der Waals surface area contributed by atoms with E-state index in [2.05, 4.69) is 9.97 Å². The van der Waals surface area contributed by atoms with Gasteiger partial charge in [0.05, 0.1) is 19.2 Å². The molecule has 0 spiro atoms. The predicted molar refractivity (Wildman–Crippen MR) is 90.8 cm³/mol. The van der Waals surface area contributed by atoms with Crippen LogP contribution in [0.15, 0.2) is 12.4 Å². The number of likely N-dealkylation sites (tertiary alicyclic amines) is 1. The fourth-order valence-electron chi connectivity index (χ4n) is 2.51. The maximum Gasteiger partial charge on any atom is 0.410 e. The molecule has 0 aliphatic carbocycles. The molecule has 1 aliphatic rings. The summed E-state index contributed by atoms with van der Waals surface area (Å²) in [6.45, 7) is 8.88. The molecule has 0 saturated carbocycles. The monoisotopic (exact) mass is 353 g/mol. The molecule has 140 valence electrons. The SMILES string of the molecule is COCCOc1cc(O[C@@H]2C[C@H](C)N(C(=O)OC(C)(C)C)C2)ncn1. The van der Waals surface area contributed by atoms with E-state index in [4.69, 9.17) is 18.9 Å². The van der Waals surface area contributed by atoms with Crippen molar-refractivity contribution < 1.29 is 23.7 Å². The molecule has 1 aromatic heterocycles. The van der Waals surface area contributed by atoms with Crippen LogP contribution in [-0.2, 0) is 9.47 Å². The first-order chi connectivity index (χ1) is 11.8. The number of hydrogen-bond acceptors (Lipinski definition) is 7. The minimum Gasteiger partial charge on any atom is -0.475 e. The number of carbonyl (C=O) groups excluding carboxylic acids is 1. The van der Waals surface area contributed by atoms with E-state index in [9.17, 15) is 4.79 Å². The highest BCUT2D eigenvalue weighted by atomic mass is 16.6. The van der Waals surface area contributed by atoms with Crippen LogP contribution in [0.2, 0.25) is 0 Å². The minimum absolute atomic E-state index is 0.0408. The van der Waals surface area contributed by atoms with Crippen molar-refractivity contribution in [3.8, 4) is 11.8 Å². The zero-order valence-electron chi connectivity index (χ0n) is 15.5. The third-order valence-corrected chi connectivity index (χ3v) is 3.61. The van der Waals surface area contributed by atoms with Gasteiger partial charge < -0.3 is 23.8 Å². The molecular weight excluding hydrogens is 326 g/mol. The molecule has 2 atom stereocenters. The summed E-state index contributed by atoms with van der Waals surface area (Å²) in [6, 6.07) is 1.68. The van der Waals surface area contributed by atoms with Crippen LogP contribution < -0.4 is 9.47 Å². The topological polar surface area (TPSA) is 83.0 Å². The third kappa shape index (κ3) is 6.04. The first kappa shape index (κ1) is 19.2. The standard InChI is InChI=1S/C17H27N3O5/c1-12-8-13(10-20(12)16(21)25-17(2,3)4)24-15-9-14(18-11-19-15)23-7-6-22-5/h9,11-13H,6-8,10H2,1-5H3/t12-,13+/m0/s1. The summed E-state index contributed by atoms with van der Waals surface area (Å²) >= 11 is 0. The number of methoxy groups -OCH3 is 1. The van der Waals surface area contributed by atoms with Crippen LogP contribution in [0.1, 0.15) is 34.1 Å². The predicted octanol–water partition coefficient (Wildman–Crippen LogP) is 2.28. The molecular formula is C17H27N3O5. The Labute approximate surface area is 148 Å². The largest absolute Gasteiger partial charge is 0.475 e. The quantitative estimate of drug-likeness (QED) is 0.726. The maximum atomic E-state index is 12.3. The molecule has 1 fully saturated rings. The number of carbonyl (C=O) groups is 1. The Bertz CT molecular complexity index is 576. The van der Waals surface area contributed by atoms with Crippen LogP contribution in [0.5, 0.6) is 11.8 Å². The first-order valence-corrected chi connectivity index (χ1v) is 8.38. The molecule has 0 bridgehead atoms. The summed E-state index contributed by atoms with van der Waals surface area (Å²) in [5.41, 5.74) is -0.517. The molecule has 1 saturated heterocycles. The second kappa shape index (κ2) is 8.33. The van der Waals surface area contributed by atoms with Gasteiger partial charge >= 0.3 is 6.09 Å². The van der Waals surface area contributed by atoms with E-state index in [1.54, 1.807) is 18.1 Å². The maximum absolute atomic E-state index is 12.3. The van der Waals surface area contributed by atoms with Gasteiger partial charge in [-0.2, -0.15) is 0 Å². The number of amides is 1. The molecule has 2 heterocycles. The highest BCUT2D eigenvalue weighted by molar-refractivity contribution is 5.69. The lowest BCUT2D eigenvalue weighted by Crippen LogP contribution is -2.39. The first-order valence-electron chi connectivity index (χ1n) is 8.38. The molecule has 1 amide bonds. The molecule has 25 heavy (non-hydrogen) atoms.